The zero-order chi connectivity index (χ0) is 66.1. The summed E-state index contributed by atoms with van der Waals surface area (Å²) in [5, 5.41) is 43.3. The molecule has 3 aromatic carbocycles. The molecular weight excluding hydrogens is 1340 g/mol. The molecule has 7 aromatic rings. The summed E-state index contributed by atoms with van der Waals surface area (Å²) in [4.78, 5) is 71.9. The molecule has 2 bridgehead atoms. The molecule has 21 nitrogen and oxygen atoms in total. The van der Waals surface area contributed by atoms with Crippen molar-refractivity contribution < 1.29 is 56.2 Å². The first kappa shape index (κ1) is 67.6. The Morgan fingerprint density at radius 2 is 1.67 bits per heavy atom. The minimum atomic E-state index is -3.35. The van der Waals surface area contributed by atoms with Crippen molar-refractivity contribution in [1.29, 1.82) is 0 Å². The average Bonchev–Trinajstić information content (AvgIpc) is 1.58. The number of aliphatic hydroxyl groups is 1. The number of thiazole rings is 2. The first-order valence-corrected chi connectivity index (χ1v) is 36.4. The number of carbonyl (C=O) groups is 4. The van der Waals surface area contributed by atoms with E-state index in [1.54, 1.807) is 18.6 Å². The Morgan fingerprint density at radius 3 is 2.39 bits per heavy atom. The van der Waals surface area contributed by atoms with E-state index in [-0.39, 0.29) is 102 Å². The number of carbonyl (C=O) groups excluding carboxylic acids is 3. The van der Waals surface area contributed by atoms with Crippen LogP contribution in [0.25, 0.3) is 31.8 Å². The Bertz CT molecular complexity index is 4000. The van der Waals surface area contributed by atoms with Gasteiger partial charge in [0.25, 0.3) is 5.91 Å². The summed E-state index contributed by atoms with van der Waals surface area (Å²) < 4.78 is 54.3. The number of β-amino-alcohol motifs (C(OH)–C–C–N with tert-alkyl or cyclic N) is 1. The lowest BCUT2D eigenvalue weighted by Gasteiger charge is -2.52. The van der Waals surface area contributed by atoms with E-state index >= 15 is 4.39 Å². The van der Waals surface area contributed by atoms with Crippen molar-refractivity contribution in [3.63, 3.8) is 0 Å². The molecule has 6 N–H and O–H groups in total. The maximum atomic E-state index is 15.1. The number of likely N-dealkylation sites (tertiary alicyclic amines) is 1. The average molecular weight is 1430 g/mol. The van der Waals surface area contributed by atoms with Crippen LogP contribution in [-0.2, 0) is 52.9 Å². The zero-order valence-corrected chi connectivity index (χ0v) is 57.5. The SMILES string of the molecule is Cc1ncsc1-c1cc(O)c(CN/I(=O)=C\C2C[C@@H](O)CN2C(=O)[C@@H](NC(=O)CCOCCOCCOC2(C)CC3(C)CCC(C)(C2)C3Cn2ncc(-c3ccc(N4CCc5cccc(C(=O)Nc6nc7ccccc7s6)c5C4)nc3C(=O)O)c2C)C(C)(C)C)cc1F. The normalized spacial score (nSPS) is 22.7. The number of aliphatic hydroxyl groups excluding tert-OH is 1. The predicted molar refractivity (Wildman–Crippen MR) is 364 cm³/mol. The van der Waals surface area contributed by atoms with Crippen molar-refractivity contribution in [2.24, 2.45) is 22.2 Å². The number of phenols is 1. The van der Waals surface area contributed by atoms with Crippen LogP contribution in [0.1, 0.15) is 129 Å². The fourth-order valence-corrected chi connectivity index (χ4v) is 18.7. The van der Waals surface area contributed by atoms with Crippen molar-refractivity contribution in [3.05, 3.63) is 124 Å². The molecule has 3 fully saturated rings. The van der Waals surface area contributed by atoms with Gasteiger partial charge in [-0.1, -0.05) is 70.2 Å². The van der Waals surface area contributed by atoms with Crippen LogP contribution in [0.2, 0.25) is 0 Å². The van der Waals surface area contributed by atoms with Crippen LogP contribution in [0.4, 0.5) is 15.3 Å². The van der Waals surface area contributed by atoms with Gasteiger partial charge in [0.2, 0.25) is 11.8 Å². The molecular formula is C68H82FIN10O11S2. The molecule has 0 spiro atoms. The highest BCUT2D eigenvalue weighted by Crippen LogP contribution is 2.65. The molecule has 496 valence electrons. The number of ether oxygens (including phenoxy) is 3. The number of rotatable bonds is 24. The number of aromatic nitrogens is 5. The number of carboxylic acids is 1. The number of benzene rings is 3. The van der Waals surface area contributed by atoms with Gasteiger partial charge in [0, 0.05) is 76.7 Å². The van der Waals surface area contributed by atoms with Crippen LogP contribution in [0.5, 0.6) is 5.75 Å². The molecule has 4 aromatic heterocycles. The van der Waals surface area contributed by atoms with E-state index in [1.807, 2.05) is 91.9 Å². The smallest absolute Gasteiger partial charge is 0.355 e. The second-order valence-electron chi connectivity index (χ2n) is 27.0. The Kier molecular flexibility index (Phi) is 20.2. The first-order valence-electron chi connectivity index (χ1n) is 31.5. The van der Waals surface area contributed by atoms with Crippen molar-refractivity contribution >= 4 is 91.1 Å². The Morgan fingerprint density at radius 1 is 0.925 bits per heavy atom. The summed E-state index contributed by atoms with van der Waals surface area (Å²) >= 11 is -0.667. The molecule has 0 radical (unpaired) electrons. The maximum absolute atomic E-state index is 15.1. The molecule has 6 heterocycles. The Labute approximate surface area is 555 Å². The fraction of sp³-hybridized carbons (Fsp3) is 0.485. The summed E-state index contributed by atoms with van der Waals surface area (Å²) in [5.74, 6) is -2.10. The predicted octanol–water partition coefficient (Wildman–Crippen LogP) is 10.9. The minimum Gasteiger partial charge on any atom is -0.508 e. The largest absolute Gasteiger partial charge is 0.508 e. The number of fused-ring (bicyclic) bond motifs is 4. The highest BCUT2D eigenvalue weighted by atomic mass is 127. The maximum Gasteiger partial charge on any atom is 0.355 e. The van der Waals surface area contributed by atoms with Gasteiger partial charge in [0.15, 0.2) is 30.4 Å². The Hall–Kier alpha value is -6.85. The quantitative estimate of drug-likeness (QED) is 0.0186. The lowest BCUT2D eigenvalue weighted by molar-refractivity contribution is -0.143. The molecule has 3 unspecified atom stereocenters. The summed E-state index contributed by atoms with van der Waals surface area (Å²) in [7, 11) is 0. The molecule has 2 aliphatic heterocycles. The lowest BCUT2D eigenvalue weighted by atomic mass is 9.57. The van der Waals surface area contributed by atoms with Gasteiger partial charge in [-0.25, -0.2) is 27.7 Å². The van der Waals surface area contributed by atoms with Crippen molar-refractivity contribution in [3.8, 4) is 27.3 Å². The summed E-state index contributed by atoms with van der Waals surface area (Å²) in [6, 6.07) is 18.1. The van der Waals surface area contributed by atoms with Crippen molar-refractivity contribution in [1.82, 2.24) is 38.5 Å². The van der Waals surface area contributed by atoms with Gasteiger partial charge >= 0.3 is 5.97 Å². The summed E-state index contributed by atoms with van der Waals surface area (Å²) in [6.45, 7) is 19.1. The number of aromatic hydroxyl groups is 1. The molecule has 4 aliphatic rings. The molecule has 5 atom stereocenters. The van der Waals surface area contributed by atoms with E-state index in [4.69, 9.17) is 24.3 Å². The number of aromatic carboxylic acids is 1. The number of pyridine rings is 1. The highest BCUT2D eigenvalue weighted by molar-refractivity contribution is 14.2. The van der Waals surface area contributed by atoms with Gasteiger partial charge in [-0.2, -0.15) is 5.10 Å². The van der Waals surface area contributed by atoms with Gasteiger partial charge in [-0.05, 0) is 135 Å². The lowest BCUT2D eigenvalue weighted by Crippen LogP contribution is -2.56. The second kappa shape index (κ2) is 27.8. The second-order valence-corrected chi connectivity index (χ2v) is 31.9. The van der Waals surface area contributed by atoms with E-state index in [0.717, 1.165) is 52.7 Å². The van der Waals surface area contributed by atoms with Gasteiger partial charge < -0.3 is 44.6 Å². The van der Waals surface area contributed by atoms with Gasteiger partial charge in [-0.15, -0.1) is 11.3 Å². The molecule has 93 heavy (non-hydrogen) atoms. The number of carboxylic acid groups (broad SMARTS) is 1. The molecule has 1 saturated heterocycles. The monoisotopic (exact) mass is 1420 g/mol. The van der Waals surface area contributed by atoms with Crippen molar-refractivity contribution in [2.75, 3.05) is 56.3 Å². The van der Waals surface area contributed by atoms with E-state index in [2.05, 4.69) is 44.9 Å². The molecule has 2 saturated carbocycles. The van der Waals surface area contributed by atoms with Crippen LogP contribution in [0.3, 0.4) is 0 Å². The standard InChI is InChI=1S/C68H82FIN10O11S2/c1-40-59(92-39-71-40)48-30-53(82)43(28-51(48)69)32-72-70(88)31-44-29-45(81)34-79(44)62(85)60(65(3,4)5)76-57(83)19-23-89-24-25-90-26-27-91-68(8)37-66(6)20-21-67(7,38-68)55(66)36-80-41(2)49(33-73-80)46-16-17-56(75-58(46)63(86)87)78-22-18-42-12-11-13-47(50(42)35-78)61(84)77-64-74-52-14-9-10-15-54(52)93-64/h9-17,28,30-31,33,39,44-45,55,60,81-82H,18-27,29,32,34-38H2,1-8H3,(H,72,88)(H,76,83)(H,86,87)(H,74,77,84)/t44?,45-,55?,60-,66?,67?,68?/m1/s1. The Balaban J connectivity index is 0.621. The van der Waals surface area contributed by atoms with E-state index < -0.39 is 60.9 Å². The van der Waals surface area contributed by atoms with Crippen LogP contribution < -0.4 is 19.1 Å². The third-order valence-electron chi connectivity index (χ3n) is 19.0. The number of phenolic OH excluding ortho intramolecular Hbond substituents is 1. The van der Waals surface area contributed by atoms with Crippen molar-refractivity contribution in [2.45, 2.75) is 144 Å². The highest BCUT2D eigenvalue weighted by Gasteiger charge is 2.60. The molecule has 11 rings (SSSR count). The van der Waals surface area contributed by atoms with E-state index in [9.17, 15) is 37.6 Å². The number of anilines is 2. The van der Waals surface area contributed by atoms with Crippen LogP contribution in [0, 0.1) is 41.8 Å². The number of halogens is 2. The third kappa shape index (κ3) is 15.0. The number of nitrogens with zero attached hydrogens (tertiary/aromatic N) is 7. The summed E-state index contributed by atoms with van der Waals surface area (Å²) in [5.41, 5.74) is 6.80. The molecule has 2 aliphatic carbocycles. The fourth-order valence-electron chi connectivity index (χ4n) is 14.5. The van der Waals surface area contributed by atoms with Crippen LogP contribution >= 0.6 is 42.3 Å². The first-order chi connectivity index (χ1) is 44.3. The molecule has 3 amide bonds. The van der Waals surface area contributed by atoms with Gasteiger partial charge in [0.1, 0.15) is 23.4 Å². The van der Waals surface area contributed by atoms with E-state index in [1.165, 1.54) is 43.7 Å². The number of nitrogens with one attached hydrogen (secondary N) is 3. The number of hydrogen-bond donors (Lipinski definition) is 6. The number of amides is 3. The number of para-hydroxylation sites is 1. The van der Waals surface area contributed by atoms with Gasteiger partial charge in [0.05, 0.1) is 83.3 Å². The molecule has 25 heteroatoms. The zero-order valence-electron chi connectivity index (χ0n) is 53.7. The third-order valence-corrected chi connectivity index (χ3v) is 23.6. The summed E-state index contributed by atoms with van der Waals surface area (Å²) in [6.07, 6.45) is 5.49. The number of aryl methyl sites for hydroxylation is 1. The topological polar surface area (TPSA) is 273 Å². The number of hydrogen-bond acceptors (Lipinski definition) is 17. The van der Waals surface area contributed by atoms with E-state index in [0.29, 0.717) is 77.5 Å². The minimum absolute atomic E-state index is 0.00608. The van der Waals surface area contributed by atoms with Crippen LogP contribution in [0.15, 0.2) is 78.4 Å². The van der Waals surface area contributed by atoms with Gasteiger partial charge in [-0.3, -0.25) is 27.5 Å². The van der Waals surface area contributed by atoms with Crippen LogP contribution in [-0.4, -0.2) is 143 Å².